The Kier molecular flexibility index (Phi) is 7.40. The summed E-state index contributed by atoms with van der Waals surface area (Å²) in [5.41, 5.74) is 2.08. The largest absolute Gasteiger partial charge is 0.494 e. The monoisotopic (exact) mass is 523 g/mol. The van der Waals surface area contributed by atoms with Crippen LogP contribution in [0.15, 0.2) is 72.0 Å². The van der Waals surface area contributed by atoms with Crippen molar-refractivity contribution < 1.29 is 14.6 Å². The average Bonchev–Trinajstić information content (AvgIpc) is 3.28. The molecule has 188 valence electrons. The molecule has 2 heterocycles. The topological polar surface area (TPSA) is 78.5 Å². The van der Waals surface area contributed by atoms with Gasteiger partial charge in [0.05, 0.1) is 50.6 Å². The fourth-order valence-corrected chi connectivity index (χ4v) is 5.39. The number of hydrogen-bond acceptors (Lipinski definition) is 5. The first-order chi connectivity index (χ1) is 17.1. The smallest absolute Gasteiger partial charge is 0.294 e. The van der Waals surface area contributed by atoms with Crippen LogP contribution in [0.3, 0.4) is 0 Å². The van der Waals surface area contributed by atoms with Crippen LogP contribution in [0, 0.1) is 6.92 Å². The molecule has 0 saturated heterocycles. The van der Waals surface area contributed by atoms with Crippen LogP contribution in [0.4, 0.5) is 0 Å². The summed E-state index contributed by atoms with van der Waals surface area (Å²) < 4.78 is 14.8. The highest BCUT2D eigenvalue weighted by atomic mass is 35.5. The lowest BCUT2D eigenvalue weighted by molar-refractivity contribution is 0.246. The third-order valence-corrected chi connectivity index (χ3v) is 8.29. The summed E-state index contributed by atoms with van der Waals surface area (Å²) in [6.45, 7) is 8.46. The molecule has 0 unspecified atom stereocenters. The van der Waals surface area contributed by atoms with Crippen LogP contribution in [0.5, 0.6) is 17.2 Å². The van der Waals surface area contributed by atoms with E-state index in [0.717, 1.165) is 16.9 Å². The number of aliphatic hydroxyl groups is 1. The van der Waals surface area contributed by atoms with Gasteiger partial charge in [-0.15, -0.1) is 0 Å². The molecule has 0 aliphatic rings. The summed E-state index contributed by atoms with van der Waals surface area (Å²) in [4.78, 5) is 17.7. The van der Waals surface area contributed by atoms with E-state index in [4.69, 9.17) is 21.1 Å². The van der Waals surface area contributed by atoms with Gasteiger partial charge >= 0.3 is 0 Å². The maximum atomic E-state index is 13.4. The predicted octanol–water partition coefficient (Wildman–Crippen LogP) is 4.92. The Labute approximate surface area is 216 Å². The highest BCUT2D eigenvalue weighted by Crippen LogP contribution is 2.31. The minimum atomic E-state index is -1.47. The van der Waals surface area contributed by atoms with E-state index < -0.39 is 19.7 Å². The molecule has 1 atom stereocenters. The molecule has 1 N–H and O–H groups in total. The van der Waals surface area contributed by atoms with E-state index in [0.29, 0.717) is 16.5 Å². The van der Waals surface area contributed by atoms with Crippen molar-refractivity contribution in [2.45, 2.75) is 32.6 Å². The zero-order chi connectivity index (χ0) is 26.0. The van der Waals surface area contributed by atoms with Gasteiger partial charge in [0.2, 0.25) is 0 Å². The van der Waals surface area contributed by atoms with Crippen LogP contribution in [0.1, 0.15) is 17.3 Å². The number of aryl methyl sites for hydroxylation is 1. The van der Waals surface area contributed by atoms with Crippen LogP contribution in [0.2, 0.25) is 24.7 Å². The SMILES string of the molecule is COc1cc(Oc2cc(Cl)cn([C@@H](CO)c3ccc([Si](C)(C)C)cc3)c2=O)ccc1-n1cnc(C)c1. The van der Waals surface area contributed by atoms with Crippen molar-refractivity contribution in [1.82, 2.24) is 14.1 Å². The van der Waals surface area contributed by atoms with Crippen LogP contribution < -0.4 is 20.2 Å². The van der Waals surface area contributed by atoms with E-state index in [1.807, 2.05) is 35.9 Å². The fraction of sp³-hybridized carbons (Fsp3) is 0.259. The number of aliphatic hydroxyl groups excluding tert-OH is 1. The summed E-state index contributed by atoms with van der Waals surface area (Å²) in [6, 6.07) is 14.2. The number of aromatic nitrogens is 3. The third kappa shape index (κ3) is 5.40. The number of pyridine rings is 1. The molecule has 0 bridgehead atoms. The van der Waals surface area contributed by atoms with Gasteiger partial charge in [-0.2, -0.15) is 0 Å². The Hall–Kier alpha value is -3.33. The fourth-order valence-electron chi connectivity index (χ4n) is 4.02. The van der Waals surface area contributed by atoms with E-state index in [2.05, 4.69) is 36.8 Å². The summed E-state index contributed by atoms with van der Waals surface area (Å²) >= 11 is 6.38. The number of hydrogen-bond donors (Lipinski definition) is 1. The molecule has 0 radical (unpaired) electrons. The molecule has 0 spiro atoms. The van der Waals surface area contributed by atoms with Crippen molar-refractivity contribution in [1.29, 1.82) is 0 Å². The van der Waals surface area contributed by atoms with E-state index >= 15 is 0 Å². The molecular formula is C27H30ClN3O4Si. The van der Waals surface area contributed by atoms with E-state index in [9.17, 15) is 9.90 Å². The van der Waals surface area contributed by atoms with Gasteiger partial charge < -0.3 is 23.7 Å². The molecule has 2 aromatic heterocycles. The second-order valence-electron chi connectivity index (χ2n) is 9.66. The molecule has 9 heteroatoms. The lowest BCUT2D eigenvalue weighted by Gasteiger charge is -2.22. The summed E-state index contributed by atoms with van der Waals surface area (Å²) in [5, 5.41) is 11.8. The first kappa shape index (κ1) is 25.8. The molecule has 0 aliphatic carbocycles. The van der Waals surface area contributed by atoms with Crippen molar-refractivity contribution in [3.8, 4) is 22.9 Å². The highest BCUT2D eigenvalue weighted by molar-refractivity contribution is 6.88. The summed E-state index contributed by atoms with van der Waals surface area (Å²) in [6.07, 6.45) is 5.11. The maximum Gasteiger partial charge on any atom is 0.294 e. The lowest BCUT2D eigenvalue weighted by Crippen LogP contribution is -2.37. The number of ether oxygens (including phenoxy) is 2. The Morgan fingerprint density at radius 1 is 1.06 bits per heavy atom. The lowest BCUT2D eigenvalue weighted by atomic mass is 10.1. The molecule has 4 rings (SSSR count). The number of imidazole rings is 1. The molecular weight excluding hydrogens is 494 g/mol. The Morgan fingerprint density at radius 2 is 1.78 bits per heavy atom. The van der Waals surface area contributed by atoms with Crippen molar-refractivity contribution in [2.75, 3.05) is 13.7 Å². The van der Waals surface area contributed by atoms with Gasteiger partial charge in [0.1, 0.15) is 11.5 Å². The number of rotatable bonds is 8. The van der Waals surface area contributed by atoms with Crippen molar-refractivity contribution in [2.24, 2.45) is 0 Å². The minimum Gasteiger partial charge on any atom is -0.494 e. The minimum absolute atomic E-state index is 0.0490. The van der Waals surface area contributed by atoms with E-state index in [1.54, 1.807) is 25.6 Å². The molecule has 0 saturated carbocycles. The van der Waals surface area contributed by atoms with Crippen LogP contribution in [-0.2, 0) is 0 Å². The number of methoxy groups -OCH3 is 1. The maximum absolute atomic E-state index is 13.4. The third-order valence-electron chi connectivity index (χ3n) is 6.02. The predicted molar refractivity (Wildman–Crippen MR) is 145 cm³/mol. The first-order valence-electron chi connectivity index (χ1n) is 11.6. The zero-order valence-electron chi connectivity index (χ0n) is 21.0. The van der Waals surface area contributed by atoms with Crippen LogP contribution in [0.25, 0.3) is 5.69 Å². The Morgan fingerprint density at radius 3 is 2.36 bits per heavy atom. The molecule has 4 aromatic rings. The van der Waals surface area contributed by atoms with Crippen molar-refractivity contribution in [3.05, 3.63) is 93.9 Å². The van der Waals surface area contributed by atoms with Crippen LogP contribution >= 0.6 is 11.6 Å². The Bertz CT molecular complexity index is 1420. The van der Waals surface area contributed by atoms with Gasteiger partial charge in [-0.1, -0.05) is 60.7 Å². The van der Waals surface area contributed by atoms with Gasteiger partial charge in [0.15, 0.2) is 5.75 Å². The molecule has 2 aromatic carbocycles. The Balaban J connectivity index is 1.68. The van der Waals surface area contributed by atoms with Crippen LogP contribution in [-0.4, -0.2) is 41.0 Å². The molecule has 7 nitrogen and oxygen atoms in total. The molecule has 36 heavy (non-hydrogen) atoms. The zero-order valence-corrected chi connectivity index (χ0v) is 22.8. The normalized spacial score (nSPS) is 12.4. The van der Waals surface area contributed by atoms with Gasteiger partial charge in [-0.25, -0.2) is 4.98 Å². The van der Waals surface area contributed by atoms with E-state index in [-0.39, 0.29) is 12.4 Å². The van der Waals surface area contributed by atoms with Gasteiger partial charge in [-0.05, 0) is 24.6 Å². The second kappa shape index (κ2) is 10.3. The standard InChI is InChI=1S/C27H30ClN3O4Si/c1-18-14-30(17-29-18)23-11-8-21(13-25(23)34-2)35-26-12-20(28)15-31(27(26)33)24(16-32)19-6-9-22(10-7-19)36(3,4)5/h6-15,17,24,32H,16H2,1-5H3/t24-/m0/s1. The number of nitrogens with zero attached hydrogens (tertiary/aromatic N) is 3. The van der Waals surface area contributed by atoms with Gasteiger partial charge in [0, 0.05) is 24.5 Å². The van der Waals surface area contributed by atoms with E-state index in [1.165, 1.54) is 22.0 Å². The number of benzene rings is 2. The summed E-state index contributed by atoms with van der Waals surface area (Å²) in [5.74, 6) is 1.02. The molecule has 0 aliphatic heterocycles. The van der Waals surface area contributed by atoms with Gasteiger partial charge in [-0.3, -0.25) is 4.79 Å². The quantitative estimate of drug-likeness (QED) is 0.331. The van der Waals surface area contributed by atoms with Crippen molar-refractivity contribution in [3.63, 3.8) is 0 Å². The summed E-state index contributed by atoms with van der Waals surface area (Å²) in [7, 11) is 0.0950. The van der Waals surface area contributed by atoms with Gasteiger partial charge in [0.25, 0.3) is 5.56 Å². The average molecular weight is 524 g/mol. The first-order valence-corrected chi connectivity index (χ1v) is 15.5. The van der Waals surface area contributed by atoms with Crippen molar-refractivity contribution >= 4 is 24.9 Å². The number of halogens is 1. The second-order valence-corrected chi connectivity index (χ2v) is 15.2. The molecule has 0 fully saturated rings. The highest BCUT2D eigenvalue weighted by Gasteiger charge is 2.21. The molecule has 0 amide bonds.